The summed E-state index contributed by atoms with van der Waals surface area (Å²) in [5, 5.41) is 0. The number of ether oxygens (including phenoxy) is 3. The Morgan fingerprint density at radius 3 is 0.938 bits per heavy atom. The Labute approximate surface area is 403 Å². The average molecular weight is 911 g/mol. The van der Waals surface area contributed by atoms with Gasteiger partial charge in [-0.1, -0.05) is 236 Å². The summed E-state index contributed by atoms with van der Waals surface area (Å²) in [6, 6.07) is 0. The van der Waals surface area contributed by atoms with Gasteiger partial charge >= 0.3 is 17.9 Å². The van der Waals surface area contributed by atoms with E-state index in [1.54, 1.807) is 0 Å². The Bertz CT molecular complexity index is 1140. The molecule has 0 N–H and O–H groups in total. The van der Waals surface area contributed by atoms with E-state index in [1.807, 2.05) is 0 Å². The highest BCUT2D eigenvalue weighted by Crippen LogP contribution is 2.16. The van der Waals surface area contributed by atoms with Crippen LogP contribution >= 0.6 is 0 Å². The average Bonchev–Trinajstić information content (AvgIpc) is 3.30. The summed E-state index contributed by atoms with van der Waals surface area (Å²) in [4.78, 5) is 38.1. The van der Waals surface area contributed by atoms with Gasteiger partial charge in [0.25, 0.3) is 0 Å². The summed E-state index contributed by atoms with van der Waals surface area (Å²) in [5.41, 5.74) is 0. The van der Waals surface area contributed by atoms with Crippen molar-refractivity contribution in [2.24, 2.45) is 0 Å². The Hall–Kier alpha value is -2.63. The van der Waals surface area contributed by atoms with Gasteiger partial charge in [0, 0.05) is 19.3 Å². The van der Waals surface area contributed by atoms with E-state index < -0.39 is 6.10 Å². The summed E-state index contributed by atoms with van der Waals surface area (Å²) >= 11 is 0. The normalized spacial score (nSPS) is 12.4. The Morgan fingerprint density at radius 1 is 0.308 bits per heavy atom. The molecular weight excluding hydrogens is 805 g/mol. The van der Waals surface area contributed by atoms with Gasteiger partial charge in [0.05, 0.1) is 0 Å². The van der Waals surface area contributed by atoms with E-state index in [2.05, 4.69) is 69.4 Å². The lowest BCUT2D eigenvalue weighted by atomic mass is 10.0. The number of esters is 3. The molecule has 0 fully saturated rings. The molecule has 0 rings (SSSR count). The molecule has 0 saturated carbocycles. The third-order valence-electron chi connectivity index (χ3n) is 12.3. The van der Waals surface area contributed by atoms with Crippen LogP contribution in [0, 0.1) is 0 Å². The fraction of sp³-hybridized carbons (Fsp3) is 0.814. The number of carbonyl (C=O) groups excluding carboxylic acids is 3. The first-order valence-electron chi connectivity index (χ1n) is 28.1. The second-order valence-corrected chi connectivity index (χ2v) is 18.8. The van der Waals surface area contributed by atoms with Gasteiger partial charge in [-0.25, -0.2) is 0 Å². The molecule has 0 unspecified atom stereocenters. The molecule has 0 aliphatic carbocycles. The van der Waals surface area contributed by atoms with E-state index in [9.17, 15) is 14.4 Å². The molecule has 378 valence electrons. The highest BCUT2D eigenvalue weighted by molar-refractivity contribution is 5.71. The van der Waals surface area contributed by atoms with Gasteiger partial charge < -0.3 is 14.2 Å². The van der Waals surface area contributed by atoms with Crippen LogP contribution in [0.3, 0.4) is 0 Å². The molecule has 65 heavy (non-hydrogen) atoms. The zero-order valence-corrected chi connectivity index (χ0v) is 43.3. The SMILES string of the molecule is CCCCC/C=C\C/C=C\C/C=C\CCCCC(=O)OC[C@H](COC(=O)CCCCCCC/C=C\CCCCCCCC)OC(=O)CCCCCCCCCCCCCCCCCCC. The zero-order chi connectivity index (χ0) is 47.2. The summed E-state index contributed by atoms with van der Waals surface area (Å²) in [6.07, 6.45) is 65.3. The van der Waals surface area contributed by atoms with Crippen LogP contribution in [0.4, 0.5) is 0 Å². The smallest absolute Gasteiger partial charge is 0.306 e. The molecule has 0 radical (unpaired) electrons. The summed E-state index contributed by atoms with van der Waals surface area (Å²) in [7, 11) is 0. The lowest BCUT2D eigenvalue weighted by Gasteiger charge is -2.18. The van der Waals surface area contributed by atoms with Gasteiger partial charge in [-0.15, -0.1) is 0 Å². The van der Waals surface area contributed by atoms with Gasteiger partial charge in [-0.2, -0.15) is 0 Å². The summed E-state index contributed by atoms with van der Waals surface area (Å²) in [5.74, 6) is -0.921. The number of hydrogen-bond acceptors (Lipinski definition) is 6. The minimum Gasteiger partial charge on any atom is -0.462 e. The second kappa shape index (κ2) is 54.0. The number of rotatable bonds is 51. The van der Waals surface area contributed by atoms with Crippen LogP contribution in [0.15, 0.2) is 48.6 Å². The first-order chi connectivity index (χ1) is 32.0. The quantitative estimate of drug-likeness (QED) is 0.0262. The molecule has 6 nitrogen and oxygen atoms in total. The van der Waals surface area contributed by atoms with Gasteiger partial charge in [0.1, 0.15) is 13.2 Å². The van der Waals surface area contributed by atoms with Crippen LogP contribution in [0.5, 0.6) is 0 Å². The van der Waals surface area contributed by atoms with E-state index >= 15 is 0 Å². The van der Waals surface area contributed by atoms with Crippen LogP contribution in [0.2, 0.25) is 0 Å². The third-order valence-corrected chi connectivity index (χ3v) is 12.3. The maximum absolute atomic E-state index is 12.8. The van der Waals surface area contributed by atoms with Crippen molar-refractivity contribution in [2.75, 3.05) is 13.2 Å². The minimum atomic E-state index is -0.789. The first-order valence-corrected chi connectivity index (χ1v) is 28.1. The molecule has 0 aromatic heterocycles. The minimum absolute atomic E-state index is 0.0868. The molecule has 0 saturated heterocycles. The molecule has 0 amide bonds. The van der Waals surface area contributed by atoms with Crippen molar-refractivity contribution < 1.29 is 28.6 Å². The zero-order valence-electron chi connectivity index (χ0n) is 43.3. The van der Waals surface area contributed by atoms with E-state index in [4.69, 9.17) is 14.2 Å². The van der Waals surface area contributed by atoms with Crippen molar-refractivity contribution in [2.45, 2.75) is 297 Å². The fourth-order valence-electron chi connectivity index (χ4n) is 8.03. The molecule has 6 heteroatoms. The van der Waals surface area contributed by atoms with Crippen LogP contribution < -0.4 is 0 Å². The van der Waals surface area contributed by atoms with Crippen LogP contribution in [-0.4, -0.2) is 37.2 Å². The fourth-order valence-corrected chi connectivity index (χ4v) is 8.03. The predicted molar refractivity (Wildman–Crippen MR) is 279 cm³/mol. The molecule has 0 aromatic rings. The standard InChI is InChI=1S/C59H106O6/c1-4-7-10-13-16-19-22-25-28-29-32-35-38-41-44-47-50-53-59(62)65-56(54-63-57(60)51-48-45-42-39-36-33-30-26-23-20-17-14-11-8-5-2)55-64-58(61)52-49-46-43-40-37-34-31-27-24-21-18-15-12-9-6-3/h17,20,26-27,30-31,36,39,56H,4-16,18-19,21-25,28-29,32-35,37-38,40-55H2,1-3H3/b20-17-,30-26-,31-27-,39-36-/t56-/m1/s1. The van der Waals surface area contributed by atoms with Crippen molar-refractivity contribution in [1.29, 1.82) is 0 Å². The largest absolute Gasteiger partial charge is 0.462 e. The van der Waals surface area contributed by atoms with E-state index in [1.165, 1.54) is 173 Å². The third kappa shape index (κ3) is 52.2. The van der Waals surface area contributed by atoms with Crippen molar-refractivity contribution in [3.8, 4) is 0 Å². The Kier molecular flexibility index (Phi) is 51.8. The second-order valence-electron chi connectivity index (χ2n) is 18.8. The first kappa shape index (κ1) is 62.4. The number of allylic oxidation sites excluding steroid dienone is 8. The van der Waals surface area contributed by atoms with E-state index in [0.29, 0.717) is 19.3 Å². The molecule has 0 spiro atoms. The number of unbranched alkanes of at least 4 members (excludes halogenated alkanes) is 32. The van der Waals surface area contributed by atoms with Crippen LogP contribution in [-0.2, 0) is 28.6 Å². The van der Waals surface area contributed by atoms with Gasteiger partial charge in [-0.3, -0.25) is 14.4 Å². The molecule has 0 heterocycles. The molecule has 0 aliphatic heterocycles. The molecule has 1 atom stereocenters. The topological polar surface area (TPSA) is 78.9 Å². The molecule has 0 bridgehead atoms. The molecule has 0 aromatic carbocycles. The van der Waals surface area contributed by atoms with Gasteiger partial charge in [0.15, 0.2) is 6.10 Å². The van der Waals surface area contributed by atoms with E-state index in [-0.39, 0.29) is 31.1 Å². The summed E-state index contributed by atoms with van der Waals surface area (Å²) < 4.78 is 16.8. The van der Waals surface area contributed by atoms with E-state index in [0.717, 1.165) is 77.0 Å². The maximum Gasteiger partial charge on any atom is 0.306 e. The number of hydrogen-bond donors (Lipinski definition) is 0. The van der Waals surface area contributed by atoms with Crippen molar-refractivity contribution in [1.82, 2.24) is 0 Å². The van der Waals surface area contributed by atoms with Crippen molar-refractivity contribution in [3.05, 3.63) is 48.6 Å². The summed E-state index contributed by atoms with van der Waals surface area (Å²) in [6.45, 7) is 6.60. The van der Waals surface area contributed by atoms with Crippen molar-refractivity contribution in [3.63, 3.8) is 0 Å². The Morgan fingerprint density at radius 2 is 0.554 bits per heavy atom. The van der Waals surface area contributed by atoms with Crippen LogP contribution in [0.25, 0.3) is 0 Å². The molecule has 0 aliphatic rings. The van der Waals surface area contributed by atoms with Gasteiger partial charge in [0.2, 0.25) is 0 Å². The number of carbonyl (C=O) groups is 3. The lowest BCUT2D eigenvalue weighted by molar-refractivity contribution is -0.167. The van der Waals surface area contributed by atoms with Crippen LogP contribution in [0.1, 0.15) is 290 Å². The van der Waals surface area contributed by atoms with Crippen molar-refractivity contribution >= 4 is 17.9 Å². The monoisotopic (exact) mass is 911 g/mol. The highest BCUT2D eigenvalue weighted by Gasteiger charge is 2.19. The Balaban J connectivity index is 4.41. The predicted octanol–water partition coefficient (Wildman–Crippen LogP) is 18.7. The molecular formula is C59H106O6. The van der Waals surface area contributed by atoms with Gasteiger partial charge in [-0.05, 0) is 83.5 Å². The maximum atomic E-state index is 12.8. The highest BCUT2D eigenvalue weighted by atomic mass is 16.6. The lowest BCUT2D eigenvalue weighted by Crippen LogP contribution is -2.30.